The molecule has 0 aliphatic heterocycles. The predicted molar refractivity (Wildman–Crippen MR) is 158 cm³/mol. The lowest BCUT2D eigenvalue weighted by molar-refractivity contribution is 1.35. The van der Waals surface area contributed by atoms with Crippen LogP contribution in [-0.4, -0.2) is 9.97 Å². The standard InChI is InChI=1S/C34H20N2S/c1-2-8-24-21(7-1)19-20-35-32(24)22-13-15-23(16-14-22)33-31-27(25-9-3-5-11-29(25)36-33)17-18-28-26-10-4-6-12-30(26)37-34(28)31/h1-20H. The van der Waals surface area contributed by atoms with Gasteiger partial charge in [-0.25, -0.2) is 4.98 Å². The van der Waals surface area contributed by atoms with E-state index in [2.05, 4.69) is 115 Å². The summed E-state index contributed by atoms with van der Waals surface area (Å²) in [6.45, 7) is 0. The zero-order chi connectivity index (χ0) is 24.3. The van der Waals surface area contributed by atoms with E-state index in [9.17, 15) is 0 Å². The number of aromatic nitrogens is 2. The van der Waals surface area contributed by atoms with E-state index in [4.69, 9.17) is 9.97 Å². The SMILES string of the molecule is c1ccc2c(-c3ccc(-c4nc5ccccc5c5ccc6c7ccccc7sc6c45)cc3)nccc2c1. The van der Waals surface area contributed by atoms with E-state index in [1.807, 2.05) is 17.5 Å². The first kappa shape index (κ1) is 20.6. The van der Waals surface area contributed by atoms with Gasteiger partial charge >= 0.3 is 0 Å². The van der Waals surface area contributed by atoms with E-state index >= 15 is 0 Å². The Morgan fingerprint density at radius 2 is 1.16 bits per heavy atom. The number of pyridine rings is 2. The summed E-state index contributed by atoms with van der Waals surface area (Å²) in [6.07, 6.45) is 1.89. The van der Waals surface area contributed by atoms with Gasteiger partial charge in [0.1, 0.15) is 0 Å². The summed E-state index contributed by atoms with van der Waals surface area (Å²) >= 11 is 1.86. The summed E-state index contributed by atoms with van der Waals surface area (Å²) in [6, 6.07) is 40.9. The lowest BCUT2D eigenvalue weighted by Crippen LogP contribution is -1.91. The fourth-order valence-corrected chi connectivity index (χ4v) is 6.82. The summed E-state index contributed by atoms with van der Waals surface area (Å²) in [5, 5.41) is 8.64. The van der Waals surface area contributed by atoms with Gasteiger partial charge in [-0.3, -0.25) is 4.98 Å². The first-order valence-electron chi connectivity index (χ1n) is 12.4. The normalized spacial score (nSPS) is 11.8. The highest BCUT2D eigenvalue weighted by atomic mass is 32.1. The van der Waals surface area contributed by atoms with Crippen LogP contribution in [0.25, 0.3) is 75.1 Å². The van der Waals surface area contributed by atoms with Crippen molar-refractivity contribution in [3.8, 4) is 22.5 Å². The maximum Gasteiger partial charge on any atom is 0.0802 e. The number of nitrogens with zero attached hydrogens (tertiary/aromatic N) is 2. The topological polar surface area (TPSA) is 25.8 Å². The molecule has 0 aliphatic carbocycles. The molecule has 0 fully saturated rings. The third kappa shape index (κ3) is 3.11. The number of hydrogen-bond acceptors (Lipinski definition) is 3. The summed E-state index contributed by atoms with van der Waals surface area (Å²) in [5.41, 5.74) is 5.28. The van der Waals surface area contributed by atoms with Crippen LogP contribution >= 0.6 is 11.3 Å². The maximum atomic E-state index is 5.24. The first-order valence-corrected chi connectivity index (χ1v) is 13.2. The molecule has 0 aliphatic rings. The minimum absolute atomic E-state index is 1.01. The second kappa shape index (κ2) is 7.95. The molecule has 3 aromatic heterocycles. The zero-order valence-electron chi connectivity index (χ0n) is 19.8. The molecule has 3 heteroatoms. The van der Waals surface area contributed by atoms with E-state index in [1.54, 1.807) is 0 Å². The molecule has 0 saturated heterocycles. The lowest BCUT2D eigenvalue weighted by atomic mass is 9.96. The van der Waals surface area contributed by atoms with Crippen LogP contribution in [0.15, 0.2) is 121 Å². The fourth-order valence-electron chi connectivity index (χ4n) is 5.57. The minimum Gasteiger partial charge on any atom is -0.256 e. The summed E-state index contributed by atoms with van der Waals surface area (Å²) < 4.78 is 2.60. The summed E-state index contributed by atoms with van der Waals surface area (Å²) in [7, 11) is 0. The van der Waals surface area contributed by atoms with E-state index in [-0.39, 0.29) is 0 Å². The molecule has 2 nitrogen and oxygen atoms in total. The Hall–Kier alpha value is -4.60. The highest BCUT2D eigenvalue weighted by Gasteiger charge is 2.16. The van der Waals surface area contributed by atoms with Gasteiger partial charge in [-0.15, -0.1) is 11.3 Å². The maximum absolute atomic E-state index is 5.24. The largest absolute Gasteiger partial charge is 0.256 e. The Kier molecular flexibility index (Phi) is 4.42. The molecule has 0 radical (unpaired) electrons. The average Bonchev–Trinajstić information content (AvgIpc) is 3.35. The molecule has 8 aromatic rings. The lowest BCUT2D eigenvalue weighted by Gasteiger charge is -2.12. The molecule has 0 spiro atoms. The quantitative estimate of drug-likeness (QED) is 0.226. The average molecular weight is 489 g/mol. The van der Waals surface area contributed by atoms with Gasteiger partial charge in [0.15, 0.2) is 0 Å². The van der Waals surface area contributed by atoms with Gasteiger partial charge in [0.25, 0.3) is 0 Å². The fraction of sp³-hybridized carbons (Fsp3) is 0. The van der Waals surface area contributed by atoms with Crippen LogP contribution < -0.4 is 0 Å². The molecular formula is C34H20N2S. The van der Waals surface area contributed by atoms with Crippen LogP contribution in [0.3, 0.4) is 0 Å². The van der Waals surface area contributed by atoms with Crippen LogP contribution in [0.2, 0.25) is 0 Å². The third-order valence-corrected chi connectivity index (χ3v) is 8.52. The zero-order valence-corrected chi connectivity index (χ0v) is 20.7. The van der Waals surface area contributed by atoms with Gasteiger partial charge in [0.05, 0.1) is 16.9 Å². The van der Waals surface area contributed by atoms with E-state index in [1.165, 1.54) is 47.1 Å². The Labute approximate surface area is 217 Å². The van der Waals surface area contributed by atoms with Crippen molar-refractivity contribution in [1.29, 1.82) is 0 Å². The Balaban J connectivity index is 1.41. The second-order valence-corrected chi connectivity index (χ2v) is 10.5. The number of para-hydroxylation sites is 1. The van der Waals surface area contributed by atoms with Gasteiger partial charge in [0.2, 0.25) is 0 Å². The van der Waals surface area contributed by atoms with Gasteiger partial charge in [-0.2, -0.15) is 0 Å². The number of fused-ring (bicyclic) bond motifs is 8. The van der Waals surface area contributed by atoms with Crippen LogP contribution in [0.1, 0.15) is 0 Å². The van der Waals surface area contributed by atoms with E-state index in [0.717, 1.165) is 28.0 Å². The van der Waals surface area contributed by atoms with Crippen molar-refractivity contribution in [2.75, 3.05) is 0 Å². The number of thiophene rings is 1. The van der Waals surface area contributed by atoms with Crippen LogP contribution in [-0.2, 0) is 0 Å². The van der Waals surface area contributed by atoms with Crippen molar-refractivity contribution in [3.05, 3.63) is 121 Å². The molecule has 0 amide bonds. The minimum atomic E-state index is 1.01. The molecular weight excluding hydrogens is 468 g/mol. The molecule has 5 aromatic carbocycles. The molecule has 0 unspecified atom stereocenters. The van der Waals surface area contributed by atoms with Crippen LogP contribution in [0, 0.1) is 0 Å². The molecule has 8 rings (SSSR count). The van der Waals surface area contributed by atoms with Gasteiger partial charge in [-0.05, 0) is 29.0 Å². The number of benzene rings is 5. The highest BCUT2D eigenvalue weighted by Crippen LogP contribution is 2.43. The Bertz CT molecular complexity index is 2130. The van der Waals surface area contributed by atoms with Crippen molar-refractivity contribution in [1.82, 2.24) is 9.97 Å². The van der Waals surface area contributed by atoms with Crippen molar-refractivity contribution in [2.45, 2.75) is 0 Å². The molecule has 0 atom stereocenters. The predicted octanol–water partition coefficient (Wildman–Crippen LogP) is 9.64. The van der Waals surface area contributed by atoms with Crippen molar-refractivity contribution in [2.24, 2.45) is 0 Å². The van der Waals surface area contributed by atoms with Crippen molar-refractivity contribution >= 4 is 64.0 Å². The summed E-state index contributed by atoms with van der Waals surface area (Å²) in [5.74, 6) is 0. The monoisotopic (exact) mass is 488 g/mol. The smallest absolute Gasteiger partial charge is 0.0802 e. The molecule has 37 heavy (non-hydrogen) atoms. The molecule has 172 valence electrons. The van der Waals surface area contributed by atoms with Crippen molar-refractivity contribution < 1.29 is 0 Å². The van der Waals surface area contributed by atoms with Crippen LogP contribution in [0.4, 0.5) is 0 Å². The third-order valence-electron chi connectivity index (χ3n) is 7.32. The molecule has 0 bridgehead atoms. The Morgan fingerprint density at radius 1 is 0.486 bits per heavy atom. The van der Waals surface area contributed by atoms with Crippen LogP contribution in [0.5, 0.6) is 0 Å². The van der Waals surface area contributed by atoms with E-state index in [0.29, 0.717) is 0 Å². The van der Waals surface area contributed by atoms with Crippen molar-refractivity contribution in [3.63, 3.8) is 0 Å². The number of rotatable bonds is 2. The second-order valence-electron chi connectivity index (χ2n) is 9.40. The van der Waals surface area contributed by atoms with Gasteiger partial charge in [-0.1, -0.05) is 97.1 Å². The van der Waals surface area contributed by atoms with Gasteiger partial charge in [0, 0.05) is 53.7 Å². The molecule has 0 N–H and O–H groups in total. The molecule has 3 heterocycles. The summed E-state index contributed by atoms with van der Waals surface area (Å²) in [4.78, 5) is 9.96. The van der Waals surface area contributed by atoms with Gasteiger partial charge < -0.3 is 0 Å². The first-order chi connectivity index (χ1) is 18.3. The van der Waals surface area contributed by atoms with E-state index < -0.39 is 0 Å². The highest BCUT2D eigenvalue weighted by molar-refractivity contribution is 7.26. The Morgan fingerprint density at radius 3 is 2.03 bits per heavy atom. The molecule has 0 saturated carbocycles. The number of hydrogen-bond donors (Lipinski definition) is 0.